The van der Waals surface area contributed by atoms with Crippen molar-refractivity contribution in [2.24, 2.45) is 0 Å². The van der Waals surface area contributed by atoms with E-state index in [0.717, 1.165) is 28.3 Å². The molecular formula is C64H44N2. The molecule has 2 heteroatoms. The Kier molecular flexibility index (Phi) is 9.89. The number of anilines is 3. The molecule has 12 rings (SSSR count). The lowest BCUT2D eigenvalue weighted by Gasteiger charge is -2.30. The Bertz CT molecular complexity index is 3660. The van der Waals surface area contributed by atoms with E-state index in [1.165, 1.54) is 82.6 Å². The summed E-state index contributed by atoms with van der Waals surface area (Å²) in [5, 5.41) is 4.92. The minimum Gasteiger partial charge on any atom is -0.310 e. The van der Waals surface area contributed by atoms with E-state index in [4.69, 9.17) is 0 Å². The van der Waals surface area contributed by atoms with Gasteiger partial charge in [-0.25, -0.2) is 0 Å². The highest BCUT2D eigenvalue weighted by molar-refractivity contribution is 6.11. The van der Waals surface area contributed by atoms with Crippen molar-refractivity contribution in [2.75, 3.05) is 4.90 Å². The van der Waals surface area contributed by atoms with Gasteiger partial charge < -0.3 is 9.47 Å². The maximum absolute atomic E-state index is 2.46. The van der Waals surface area contributed by atoms with Crippen LogP contribution in [-0.2, 0) is 0 Å². The molecule has 0 amide bonds. The van der Waals surface area contributed by atoms with Crippen molar-refractivity contribution in [3.05, 3.63) is 267 Å². The van der Waals surface area contributed by atoms with E-state index >= 15 is 0 Å². The summed E-state index contributed by atoms with van der Waals surface area (Å²) in [6.45, 7) is 0. The highest BCUT2D eigenvalue weighted by Gasteiger charge is 2.24. The van der Waals surface area contributed by atoms with Crippen LogP contribution in [0.3, 0.4) is 0 Å². The number of hydrogen-bond donors (Lipinski definition) is 0. The van der Waals surface area contributed by atoms with Gasteiger partial charge in [-0.05, 0) is 122 Å². The molecule has 0 saturated carbocycles. The van der Waals surface area contributed by atoms with E-state index in [9.17, 15) is 0 Å². The van der Waals surface area contributed by atoms with Gasteiger partial charge in [-0.3, -0.25) is 0 Å². The van der Waals surface area contributed by atoms with Crippen LogP contribution in [0.5, 0.6) is 0 Å². The fraction of sp³-hybridized carbons (Fsp3) is 0. The highest BCUT2D eigenvalue weighted by atomic mass is 15.1. The van der Waals surface area contributed by atoms with Gasteiger partial charge in [0.2, 0.25) is 0 Å². The Labute approximate surface area is 385 Å². The molecule has 0 fully saturated rings. The lowest BCUT2D eigenvalue weighted by Crippen LogP contribution is -2.12. The predicted octanol–water partition coefficient (Wildman–Crippen LogP) is 17.7. The molecule has 0 spiro atoms. The average molecular weight is 841 g/mol. The minimum atomic E-state index is 1.07. The molecule has 66 heavy (non-hydrogen) atoms. The summed E-state index contributed by atoms with van der Waals surface area (Å²) in [7, 11) is 0. The fourth-order valence-corrected chi connectivity index (χ4v) is 9.85. The molecule has 0 radical (unpaired) electrons. The van der Waals surface area contributed by atoms with Crippen molar-refractivity contribution in [1.29, 1.82) is 0 Å². The summed E-state index contributed by atoms with van der Waals surface area (Å²) >= 11 is 0. The second kappa shape index (κ2) is 16.8. The van der Waals surface area contributed by atoms with Crippen LogP contribution in [0.15, 0.2) is 267 Å². The zero-order valence-electron chi connectivity index (χ0n) is 36.3. The number of benzene rings is 11. The second-order valence-electron chi connectivity index (χ2n) is 16.9. The zero-order valence-corrected chi connectivity index (χ0v) is 36.3. The van der Waals surface area contributed by atoms with E-state index in [-0.39, 0.29) is 0 Å². The molecule has 11 aromatic carbocycles. The number of fused-ring (bicyclic) bond motifs is 4. The number of para-hydroxylation sites is 2. The monoisotopic (exact) mass is 840 g/mol. The van der Waals surface area contributed by atoms with Gasteiger partial charge in [0, 0.05) is 33.4 Å². The SMILES string of the molecule is c1ccc(-c2ccccc2-c2c(-c3ccccc3)cccc2N(c2ccc(-c3ccc(-c4ccc5ccccc5c4)cc3)cc2)c2ccc3c(c2)c2ccccc2n3-c2ccccc2)cc1. The molecule has 0 aliphatic carbocycles. The van der Waals surface area contributed by atoms with Crippen LogP contribution in [0.2, 0.25) is 0 Å². The molecule has 0 saturated heterocycles. The van der Waals surface area contributed by atoms with Crippen molar-refractivity contribution in [1.82, 2.24) is 4.57 Å². The molecule has 0 aliphatic rings. The van der Waals surface area contributed by atoms with Gasteiger partial charge in [0.05, 0.1) is 16.7 Å². The molecule has 310 valence electrons. The lowest BCUT2D eigenvalue weighted by atomic mass is 9.87. The Morgan fingerprint density at radius 1 is 0.273 bits per heavy atom. The molecule has 2 nitrogen and oxygen atoms in total. The molecule has 1 aromatic heterocycles. The predicted molar refractivity (Wildman–Crippen MR) is 280 cm³/mol. The van der Waals surface area contributed by atoms with Gasteiger partial charge in [0.1, 0.15) is 0 Å². The molecule has 0 N–H and O–H groups in total. The first kappa shape index (κ1) is 38.9. The molecule has 0 unspecified atom stereocenters. The molecule has 12 aromatic rings. The summed E-state index contributed by atoms with van der Waals surface area (Å²) in [4.78, 5) is 2.46. The van der Waals surface area contributed by atoms with Crippen LogP contribution in [-0.4, -0.2) is 4.57 Å². The standard InChI is InChI=1S/C64H44N2/c1-4-18-49(19-5-1)56-25-12-13-27-59(56)64-57(50-20-6-2-7-21-50)28-16-30-63(64)65(55-41-42-62-60(44-55)58-26-14-15-29-61(58)66(62)53-23-8-3-9-24-53)54-39-37-47(38-40-54)46-31-33-48(34-32-46)52-36-35-45-17-10-11-22-51(45)43-52/h1-44H. The second-order valence-corrected chi connectivity index (χ2v) is 16.9. The van der Waals surface area contributed by atoms with E-state index < -0.39 is 0 Å². The van der Waals surface area contributed by atoms with E-state index in [1.807, 2.05) is 0 Å². The summed E-state index contributed by atoms with van der Waals surface area (Å²) in [5.74, 6) is 0. The Balaban J connectivity index is 1.05. The average Bonchev–Trinajstić information content (AvgIpc) is 3.73. The van der Waals surface area contributed by atoms with Gasteiger partial charge in [-0.1, -0.05) is 206 Å². The van der Waals surface area contributed by atoms with Crippen LogP contribution >= 0.6 is 0 Å². The third kappa shape index (κ3) is 7.02. The molecule has 1 heterocycles. The molecule has 0 aliphatic heterocycles. The Morgan fingerprint density at radius 3 is 1.52 bits per heavy atom. The number of rotatable bonds is 9. The first-order valence-electron chi connectivity index (χ1n) is 22.7. The third-order valence-corrected chi connectivity index (χ3v) is 13.0. The van der Waals surface area contributed by atoms with Gasteiger partial charge in [-0.2, -0.15) is 0 Å². The highest BCUT2D eigenvalue weighted by Crippen LogP contribution is 2.49. The van der Waals surface area contributed by atoms with Crippen molar-refractivity contribution >= 4 is 49.6 Å². The van der Waals surface area contributed by atoms with Crippen LogP contribution in [0.25, 0.3) is 93.9 Å². The van der Waals surface area contributed by atoms with E-state index in [1.54, 1.807) is 0 Å². The lowest BCUT2D eigenvalue weighted by molar-refractivity contribution is 1.18. The molecule has 0 bridgehead atoms. The first-order chi connectivity index (χ1) is 32.7. The van der Waals surface area contributed by atoms with Gasteiger partial charge in [0.15, 0.2) is 0 Å². The van der Waals surface area contributed by atoms with Crippen LogP contribution < -0.4 is 4.90 Å². The summed E-state index contributed by atoms with van der Waals surface area (Å²) in [6, 6.07) is 97.0. The van der Waals surface area contributed by atoms with Crippen molar-refractivity contribution < 1.29 is 0 Å². The van der Waals surface area contributed by atoms with Gasteiger partial charge in [0.25, 0.3) is 0 Å². The maximum atomic E-state index is 2.46. The molecule has 0 atom stereocenters. The summed E-state index contributed by atoms with van der Waals surface area (Å²) in [6.07, 6.45) is 0. The maximum Gasteiger partial charge on any atom is 0.0546 e. The quantitative estimate of drug-likeness (QED) is 0.141. The normalized spacial score (nSPS) is 11.3. The number of nitrogens with zero attached hydrogens (tertiary/aromatic N) is 2. The minimum absolute atomic E-state index is 1.07. The van der Waals surface area contributed by atoms with Crippen molar-refractivity contribution in [3.8, 4) is 61.3 Å². The summed E-state index contributed by atoms with van der Waals surface area (Å²) < 4.78 is 2.39. The number of aromatic nitrogens is 1. The third-order valence-electron chi connectivity index (χ3n) is 13.0. The zero-order chi connectivity index (χ0) is 43.8. The van der Waals surface area contributed by atoms with Crippen LogP contribution in [0.4, 0.5) is 17.1 Å². The smallest absolute Gasteiger partial charge is 0.0546 e. The van der Waals surface area contributed by atoms with Crippen LogP contribution in [0, 0.1) is 0 Å². The molecular weight excluding hydrogens is 797 g/mol. The van der Waals surface area contributed by atoms with Crippen molar-refractivity contribution in [3.63, 3.8) is 0 Å². The van der Waals surface area contributed by atoms with Crippen LogP contribution in [0.1, 0.15) is 0 Å². The first-order valence-corrected chi connectivity index (χ1v) is 22.7. The largest absolute Gasteiger partial charge is 0.310 e. The fourth-order valence-electron chi connectivity index (χ4n) is 9.85. The van der Waals surface area contributed by atoms with Gasteiger partial charge in [-0.15, -0.1) is 0 Å². The van der Waals surface area contributed by atoms with E-state index in [0.29, 0.717) is 0 Å². The van der Waals surface area contributed by atoms with Gasteiger partial charge >= 0.3 is 0 Å². The number of hydrogen-bond acceptors (Lipinski definition) is 1. The van der Waals surface area contributed by atoms with Crippen molar-refractivity contribution in [2.45, 2.75) is 0 Å². The summed E-state index contributed by atoms with van der Waals surface area (Å²) in [5.41, 5.74) is 18.6. The van der Waals surface area contributed by atoms with E-state index in [2.05, 4.69) is 276 Å². The topological polar surface area (TPSA) is 8.17 Å². The Hall–Kier alpha value is -8.72. The Morgan fingerprint density at radius 2 is 0.788 bits per heavy atom.